The van der Waals surface area contributed by atoms with Crippen molar-refractivity contribution in [2.24, 2.45) is 0 Å². The highest BCUT2D eigenvalue weighted by atomic mass is 32.2. The van der Waals surface area contributed by atoms with Gasteiger partial charge in [-0.1, -0.05) is 6.92 Å². The van der Waals surface area contributed by atoms with E-state index in [1.807, 2.05) is 18.7 Å². The van der Waals surface area contributed by atoms with Gasteiger partial charge in [-0.3, -0.25) is 9.36 Å². The second kappa shape index (κ2) is 9.21. The predicted octanol–water partition coefficient (Wildman–Crippen LogP) is 3.55. The molecule has 33 heavy (non-hydrogen) atoms. The Bertz CT molecular complexity index is 1160. The van der Waals surface area contributed by atoms with Gasteiger partial charge in [-0.2, -0.15) is 0 Å². The summed E-state index contributed by atoms with van der Waals surface area (Å²) in [7, 11) is -3.30. The summed E-state index contributed by atoms with van der Waals surface area (Å²) >= 11 is 0. The van der Waals surface area contributed by atoms with Crippen molar-refractivity contribution >= 4 is 15.9 Å². The molecule has 2 aromatic rings. The van der Waals surface area contributed by atoms with Gasteiger partial charge in [0.1, 0.15) is 18.0 Å². The van der Waals surface area contributed by atoms with Crippen molar-refractivity contribution < 1.29 is 22.7 Å². The van der Waals surface area contributed by atoms with Gasteiger partial charge in [0.15, 0.2) is 9.84 Å². The average molecular weight is 475 g/mol. The van der Waals surface area contributed by atoms with E-state index >= 15 is 0 Å². The molecule has 3 atom stereocenters. The lowest BCUT2D eigenvalue weighted by Gasteiger charge is -2.38. The van der Waals surface area contributed by atoms with Crippen molar-refractivity contribution in [3.63, 3.8) is 0 Å². The van der Waals surface area contributed by atoms with Crippen LogP contribution in [0.25, 0.3) is 5.69 Å². The Morgan fingerprint density at radius 3 is 2.30 bits per heavy atom. The maximum absolute atomic E-state index is 12.7. The van der Waals surface area contributed by atoms with E-state index in [2.05, 4.69) is 0 Å². The minimum atomic E-state index is -3.30. The zero-order valence-corrected chi connectivity index (χ0v) is 20.0. The molecule has 1 aromatic carbocycles. The number of carbonyl (C=O) groups is 1. The lowest BCUT2D eigenvalue weighted by atomic mass is 10.0. The van der Waals surface area contributed by atoms with Crippen LogP contribution in [0.1, 0.15) is 46.0 Å². The summed E-state index contributed by atoms with van der Waals surface area (Å²) < 4.78 is 36.4. The Balaban J connectivity index is 1.42. The topological polar surface area (TPSA) is 94.9 Å². The van der Waals surface area contributed by atoms with Crippen LogP contribution in [-0.4, -0.2) is 54.5 Å². The van der Waals surface area contributed by atoms with Crippen LogP contribution in [0.2, 0.25) is 0 Å². The molecule has 0 radical (unpaired) electrons. The normalized spacial score (nSPS) is 23.2. The standard InChI is InChI=1S/C24H30N2O6S/c1-4-16(2)31-24(28)26-18-5-6-19(26)14-21(13-18)32-20-11-12-25(23(27)15-20)17-7-9-22(10-8-17)33(3,29)30/h7-12,15-16,18-19,21H,4-6,13-14H2,1-3H3/t16?,18-,19-/m1/s1. The number of amides is 1. The van der Waals surface area contributed by atoms with Crippen LogP contribution in [0.3, 0.4) is 0 Å². The van der Waals surface area contributed by atoms with E-state index in [0.29, 0.717) is 24.3 Å². The first-order valence-corrected chi connectivity index (χ1v) is 13.2. The molecule has 1 amide bonds. The lowest BCUT2D eigenvalue weighted by molar-refractivity contribution is 0.0179. The predicted molar refractivity (Wildman–Crippen MR) is 124 cm³/mol. The average Bonchev–Trinajstić information content (AvgIpc) is 3.04. The third-order valence-corrected chi connectivity index (χ3v) is 7.64. The summed E-state index contributed by atoms with van der Waals surface area (Å²) in [4.78, 5) is 27.3. The zero-order valence-electron chi connectivity index (χ0n) is 19.1. The quantitative estimate of drug-likeness (QED) is 0.636. The minimum Gasteiger partial charge on any atom is -0.490 e. The molecule has 2 aliphatic heterocycles. The van der Waals surface area contributed by atoms with Gasteiger partial charge in [-0.05, 0) is 56.5 Å². The molecule has 9 heteroatoms. The van der Waals surface area contributed by atoms with Gasteiger partial charge in [-0.15, -0.1) is 0 Å². The highest BCUT2D eigenvalue weighted by molar-refractivity contribution is 7.90. The van der Waals surface area contributed by atoms with Crippen LogP contribution in [0.5, 0.6) is 5.75 Å². The second-order valence-electron chi connectivity index (χ2n) is 8.94. The number of ether oxygens (including phenoxy) is 2. The number of carbonyl (C=O) groups excluding carboxylic acids is 1. The van der Waals surface area contributed by atoms with E-state index in [1.54, 1.807) is 24.4 Å². The third-order valence-electron chi connectivity index (χ3n) is 6.51. The van der Waals surface area contributed by atoms with Gasteiger partial charge in [-0.25, -0.2) is 13.2 Å². The van der Waals surface area contributed by atoms with Crippen molar-refractivity contribution in [2.45, 2.75) is 75.1 Å². The number of aromatic nitrogens is 1. The van der Waals surface area contributed by atoms with Crippen molar-refractivity contribution in [1.82, 2.24) is 9.47 Å². The molecule has 8 nitrogen and oxygen atoms in total. The summed E-state index contributed by atoms with van der Waals surface area (Å²) in [5, 5.41) is 0. The fraction of sp³-hybridized carbons (Fsp3) is 0.500. The molecule has 4 rings (SSSR count). The Morgan fingerprint density at radius 2 is 1.76 bits per heavy atom. The lowest BCUT2D eigenvalue weighted by Crippen LogP contribution is -2.50. The summed E-state index contributed by atoms with van der Waals surface area (Å²) in [5.74, 6) is 0.490. The molecule has 1 unspecified atom stereocenters. The summed E-state index contributed by atoms with van der Waals surface area (Å²) in [5.41, 5.74) is 0.308. The summed E-state index contributed by atoms with van der Waals surface area (Å²) in [6, 6.07) is 9.54. The van der Waals surface area contributed by atoms with Crippen LogP contribution in [0.4, 0.5) is 4.79 Å². The molecule has 1 aromatic heterocycles. The van der Waals surface area contributed by atoms with Crippen molar-refractivity contribution in [3.05, 3.63) is 52.9 Å². The van der Waals surface area contributed by atoms with Crippen molar-refractivity contribution in [2.75, 3.05) is 6.26 Å². The maximum Gasteiger partial charge on any atom is 0.410 e. The molecular weight excluding hydrogens is 444 g/mol. The van der Waals surface area contributed by atoms with E-state index in [1.165, 1.54) is 22.8 Å². The van der Waals surface area contributed by atoms with Gasteiger partial charge < -0.3 is 14.4 Å². The molecule has 0 N–H and O–H groups in total. The fourth-order valence-electron chi connectivity index (χ4n) is 4.63. The van der Waals surface area contributed by atoms with Crippen LogP contribution in [0, 0.1) is 0 Å². The van der Waals surface area contributed by atoms with Crippen LogP contribution in [-0.2, 0) is 14.6 Å². The van der Waals surface area contributed by atoms with E-state index in [-0.39, 0.29) is 40.8 Å². The fourth-order valence-corrected chi connectivity index (χ4v) is 5.26. The third kappa shape index (κ3) is 5.08. The van der Waals surface area contributed by atoms with Crippen LogP contribution < -0.4 is 10.3 Å². The number of nitrogens with zero attached hydrogens (tertiary/aromatic N) is 2. The second-order valence-corrected chi connectivity index (χ2v) is 11.0. The number of rotatable bonds is 6. The number of benzene rings is 1. The van der Waals surface area contributed by atoms with E-state index in [9.17, 15) is 18.0 Å². The highest BCUT2D eigenvalue weighted by Crippen LogP contribution is 2.37. The summed E-state index contributed by atoms with van der Waals surface area (Å²) in [6.07, 6.45) is 6.44. The molecule has 2 fully saturated rings. The SMILES string of the molecule is CCC(C)OC(=O)N1[C@@H]2CC[C@@H]1CC(Oc1ccn(-c3ccc(S(C)(=O)=O)cc3)c(=O)c1)C2. The number of fused-ring (bicyclic) bond motifs is 2. The number of hydrogen-bond donors (Lipinski definition) is 0. The molecule has 0 spiro atoms. The number of sulfone groups is 1. The highest BCUT2D eigenvalue weighted by Gasteiger charge is 2.45. The smallest absolute Gasteiger partial charge is 0.410 e. The molecule has 2 aliphatic rings. The Kier molecular flexibility index (Phi) is 6.52. The first-order valence-electron chi connectivity index (χ1n) is 11.3. The summed E-state index contributed by atoms with van der Waals surface area (Å²) in [6.45, 7) is 3.89. The Hall–Kier alpha value is -2.81. The zero-order chi connectivity index (χ0) is 23.8. The molecule has 3 heterocycles. The molecule has 0 aliphatic carbocycles. The first-order chi connectivity index (χ1) is 15.7. The number of pyridine rings is 1. The van der Waals surface area contributed by atoms with Crippen LogP contribution >= 0.6 is 0 Å². The van der Waals surface area contributed by atoms with Crippen molar-refractivity contribution in [3.8, 4) is 11.4 Å². The van der Waals surface area contributed by atoms with E-state index in [4.69, 9.17) is 9.47 Å². The van der Waals surface area contributed by atoms with Gasteiger partial charge in [0.2, 0.25) is 0 Å². The van der Waals surface area contributed by atoms with E-state index < -0.39 is 9.84 Å². The van der Waals surface area contributed by atoms with Crippen molar-refractivity contribution in [1.29, 1.82) is 0 Å². The molecule has 178 valence electrons. The monoisotopic (exact) mass is 474 g/mol. The van der Waals surface area contributed by atoms with Gasteiger partial charge in [0.05, 0.1) is 4.90 Å². The number of piperidine rings is 1. The van der Waals surface area contributed by atoms with E-state index in [0.717, 1.165) is 25.5 Å². The molecule has 0 saturated carbocycles. The van der Waals surface area contributed by atoms with Gasteiger partial charge >= 0.3 is 6.09 Å². The first kappa shape index (κ1) is 23.4. The van der Waals surface area contributed by atoms with Crippen LogP contribution in [0.15, 0.2) is 52.3 Å². The molecule has 2 saturated heterocycles. The minimum absolute atomic E-state index is 0.0700. The maximum atomic E-state index is 12.7. The largest absolute Gasteiger partial charge is 0.490 e. The number of hydrogen-bond acceptors (Lipinski definition) is 6. The Labute approximate surface area is 194 Å². The Morgan fingerprint density at radius 1 is 1.12 bits per heavy atom. The molecular formula is C24H30N2O6S. The van der Waals surface area contributed by atoms with Gasteiger partial charge in [0, 0.05) is 49.1 Å². The van der Waals surface area contributed by atoms with Gasteiger partial charge in [0.25, 0.3) is 5.56 Å². The molecule has 2 bridgehead atoms.